The second-order valence-electron chi connectivity index (χ2n) is 7.81. The van der Waals surface area contributed by atoms with Crippen molar-refractivity contribution < 1.29 is 34.7 Å². The third-order valence-electron chi connectivity index (χ3n) is 4.89. The van der Waals surface area contributed by atoms with Gasteiger partial charge in [-0.3, -0.25) is 9.44 Å². The fourth-order valence-corrected chi connectivity index (χ4v) is 5.47. The summed E-state index contributed by atoms with van der Waals surface area (Å²) in [7, 11) is -8.22. The van der Waals surface area contributed by atoms with Gasteiger partial charge in [0.15, 0.2) is 5.75 Å². The zero-order chi connectivity index (χ0) is 26.3. The molecule has 0 radical (unpaired) electrons. The minimum atomic E-state index is -4.32. The molecule has 5 N–H and O–H groups in total. The molecule has 0 aromatic heterocycles. The molecule has 1 fully saturated rings. The maximum absolute atomic E-state index is 14.6. The van der Waals surface area contributed by atoms with Crippen LogP contribution >= 0.6 is 22.6 Å². The number of hydrogen-bond donors (Lipinski definition) is 4. The van der Waals surface area contributed by atoms with Crippen LogP contribution in [-0.2, 0) is 20.2 Å². The van der Waals surface area contributed by atoms with Gasteiger partial charge in [-0.05, 0) is 71.8 Å². The van der Waals surface area contributed by atoms with Gasteiger partial charge in [-0.25, -0.2) is 26.7 Å². The molecule has 0 aliphatic heterocycles. The Morgan fingerprint density at radius 3 is 2.22 bits per heavy atom. The lowest BCUT2D eigenvalue weighted by atomic mass is 10.2. The van der Waals surface area contributed by atoms with Gasteiger partial charge in [-0.2, -0.15) is 8.42 Å². The zero-order valence-corrected chi connectivity index (χ0v) is 21.8. The van der Waals surface area contributed by atoms with Crippen LogP contribution in [0.25, 0.3) is 0 Å². The van der Waals surface area contributed by atoms with E-state index in [-0.39, 0.29) is 28.6 Å². The highest BCUT2D eigenvalue weighted by molar-refractivity contribution is 14.1. The molecule has 4 rings (SSSR count). The Morgan fingerprint density at radius 2 is 1.58 bits per heavy atom. The molecule has 0 atom stereocenters. The van der Waals surface area contributed by atoms with Crippen molar-refractivity contribution >= 4 is 65.6 Å². The quantitative estimate of drug-likeness (QED) is 0.246. The van der Waals surface area contributed by atoms with Gasteiger partial charge >= 0.3 is 0 Å². The Morgan fingerprint density at radius 1 is 0.861 bits per heavy atom. The molecular weight excluding hydrogens is 636 g/mol. The largest absolute Gasteiger partial charge is 0.455 e. The van der Waals surface area contributed by atoms with Gasteiger partial charge in [-0.1, -0.05) is 0 Å². The van der Waals surface area contributed by atoms with Gasteiger partial charge in [0, 0.05) is 15.7 Å². The molecule has 0 heterocycles. The highest BCUT2D eigenvalue weighted by atomic mass is 127. The summed E-state index contributed by atoms with van der Waals surface area (Å²) in [4.78, 5) is 0. The van der Waals surface area contributed by atoms with Crippen LogP contribution < -0.4 is 24.6 Å². The molecule has 0 saturated heterocycles. The predicted molar refractivity (Wildman–Crippen MR) is 138 cm³/mol. The van der Waals surface area contributed by atoms with Crippen LogP contribution in [0, 0.1) is 21.0 Å². The van der Waals surface area contributed by atoms with Gasteiger partial charge in [0.2, 0.25) is 10.0 Å². The lowest BCUT2D eigenvalue weighted by molar-refractivity contribution is 0.478. The van der Waals surface area contributed by atoms with E-state index in [9.17, 15) is 30.0 Å². The Hall–Kier alpha value is -2.76. The van der Waals surface area contributed by atoms with E-state index in [1.54, 1.807) is 10.8 Å². The average molecular weight is 654 g/mol. The van der Waals surface area contributed by atoms with E-state index in [2.05, 4.69) is 10.0 Å². The third-order valence-corrected chi connectivity index (χ3v) is 7.91. The number of ether oxygens (including phenoxy) is 1. The number of sulfonamides is 1. The van der Waals surface area contributed by atoms with Crippen molar-refractivity contribution in [3.8, 4) is 11.5 Å². The second kappa shape index (κ2) is 9.95. The summed E-state index contributed by atoms with van der Waals surface area (Å²) in [6, 6.07) is 8.96. The number of anilines is 4. The van der Waals surface area contributed by atoms with Crippen molar-refractivity contribution in [3.63, 3.8) is 0 Å². The number of benzene rings is 3. The van der Waals surface area contributed by atoms with Crippen molar-refractivity contribution in [2.45, 2.75) is 18.1 Å². The van der Waals surface area contributed by atoms with Crippen LogP contribution in [-0.4, -0.2) is 22.1 Å². The highest BCUT2D eigenvalue weighted by Crippen LogP contribution is 2.42. The fourth-order valence-electron chi connectivity index (χ4n) is 3.13. The van der Waals surface area contributed by atoms with E-state index >= 15 is 0 Å². The topological polar surface area (TPSA) is 140 Å². The van der Waals surface area contributed by atoms with Crippen LogP contribution in [0.2, 0.25) is 0 Å². The summed E-state index contributed by atoms with van der Waals surface area (Å²) in [5.74, 6) is -3.02. The van der Waals surface area contributed by atoms with Crippen molar-refractivity contribution in [2.75, 3.05) is 14.8 Å². The Kier molecular flexibility index (Phi) is 7.27. The molecule has 1 aliphatic carbocycles. The summed E-state index contributed by atoms with van der Waals surface area (Å²) < 4.78 is 102. The fraction of sp³-hybridized carbons (Fsp3) is 0.143. The number of nitrogens with one attached hydrogen (secondary N) is 3. The lowest BCUT2D eigenvalue weighted by Gasteiger charge is -2.19. The first kappa shape index (κ1) is 26.3. The van der Waals surface area contributed by atoms with Crippen LogP contribution in [0.5, 0.6) is 11.5 Å². The minimum absolute atomic E-state index is 0.0553. The van der Waals surface area contributed by atoms with Crippen molar-refractivity contribution in [2.24, 2.45) is 5.14 Å². The Labute approximate surface area is 218 Å². The normalized spacial score (nSPS) is 13.8. The second-order valence-corrected chi connectivity index (χ2v) is 12.3. The molecule has 3 aromatic carbocycles. The minimum Gasteiger partial charge on any atom is -0.455 e. The van der Waals surface area contributed by atoms with Gasteiger partial charge < -0.3 is 10.1 Å². The smallest absolute Gasteiger partial charge is 0.296 e. The summed E-state index contributed by atoms with van der Waals surface area (Å²) >= 11 is 1.91. The standard InChI is InChI=1S/C21H18F3IN4O5S2/c22-11-7-19(27-17-6-1-12(25)9-16(17)24)21(29-35(30,31)14-3-4-14)20(8-11)34-13-2-5-15(23)18(10-13)28-36(26,32)33/h1-2,5-10,14,27-29H,3-4H2,(H2,26,32,33). The Balaban J connectivity index is 1.78. The van der Waals surface area contributed by atoms with E-state index in [4.69, 9.17) is 9.88 Å². The molecule has 0 amide bonds. The van der Waals surface area contributed by atoms with Crippen molar-refractivity contribution in [1.29, 1.82) is 0 Å². The van der Waals surface area contributed by atoms with Gasteiger partial charge in [-0.15, -0.1) is 0 Å². The molecule has 3 aromatic rings. The average Bonchev–Trinajstić information content (AvgIpc) is 3.60. The first-order valence-electron chi connectivity index (χ1n) is 10.2. The lowest BCUT2D eigenvalue weighted by Crippen LogP contribution is -2.22. The number of nitrogens with two attached hydrogens (primary N) is 1. The summed E-state index contributed by atoms with van der Waals surface area (Å²) in [6.45, 7) is 0. The Bertz CT molecular complexity index is 1550. The van der Waals surface area contributed by atoms with Crippen molar-refractivity contribution in [3.05, 3.63) is 69.6 Å². The molecule has 36 heavy (non-hydrogen) atoms. The van der Waals surface area contributed by atoms with E-state index in [0.29, 0.717) is 16.4 Å². The van der Waals surface area contributed by atoms with Crippen LogP contribution in [0.4, 0.5) is 35.9 Å². The van der Waals surface area contributed by atoms with E-state index < -0.39 is 48.6 Å². The van der Waals surface area contributed by atoms with Gasteiger partial charge in [0.1, 0.15) is 28.9 Å². The van der Waals surface area contributed by atoms with E-state index in [1.165, 1.54) is 12.1 Å². The van der Waals surface area contributed by atoms with Gasteiger partial charge in [0.25, 0.3) is 10.2 Å². The maximum atomic E-state index is 14.6. The summed E-state index contributed by atoms with van der Waals surface area (Å²) in [5.41, 5.74) is -0.989. The zero-order valence-electron chi connectivity index (χ0n) is 18.1. The van der Waals surface area contributed by atoms with Crippen LogP contribution in [0.15, 0.2) is 48.5 Å². The SMILES string of the molecule is NS(=O)(=O)Nc1cc(Oc2cc(F)cc(Nc3ccc(I)cc3F)c2NS(=O)(=O)C2CC2)ccc1F. The molecule has 1 aliphatic rings. The van der Waals surface area contributed by atoms with Gasteiger partial charge in [0.05, 0.1) is 22.3 Å². The van der Waals surface area contributed by atoms with E-state index in [1.807, 2.05) is 22.6 Å². The molecule has 9 nitrogen and oxygen atoms in total. The maximum Gasteiger partial charge on any atom is 0.296 e. The first-order chi connectivity index (χ1) is 16.8. The molecule has 0 spiro atoms. The molecular formula is C21H18F3IN4O5S2. The van der Waals surface area contributed by atoms with Crippen molar-refractivity contribution in [1.82, 2.24) is 0 Å². The first-order valence-corrected chi connectivity index (χ1v) is 14.3. The van der Waals surface area contributed by atoms with Crippen LogP contribution in [0.3, 0.4) is 0 Å². The molecule has 0 bridgehead atoms. The monoisotopic (exact) mass is 654 g/mol. The number of rotatable bonds is 9. The number of halogens is 4. The molecule has 192 valence electrons. The van der Waals surface area contributed by atoms with E-state index in [0.717, 1.165) is 30.3 Å². The molecule has 15 heteroatoms. The molecule has 1 saturated carbocycles. The summed E-state index contributed by atoms with van der Waals surface area (Å²) in [6.07, 6.45) is 0.865. The summed E-state index contributed by atoms with van der Waals surface area (Å²) in [5, 5.41) is 6.91. The highest BCUT2D eigenvalue weighted by Gasteiger charge is 2.37. The molecule has 0 unspecified atom stereocenters. The number of hydrogen-bond acceptors (Lipinski definition) is 6. The predicted octanol–water partition coefficient (Wildman–Crippen LogP) is 4.76. The third kappa shape index (κ3) is 6.51. The van der Waals surface area contributed by atoms with Crippen LogP contribution in [0.1, 0.15) is 12.8 Å².